The number of furan rings is 1. The zero-order valence-electron chi connectivity index (χ0n) is 18.2. The van der Waals surface area contributed by atoms with Crippen LogP contribution in [-0.4, -0.2) is 59.3 Å². The second-order valence-corrected chi connectivity index (χ2v) is 7.98. The number of carbonyl (C=O) groups excluding carboxylic acids is 2. The van der Waals surface area contributed by atoms with E-state index in [4.69, 9.17) is 4.42 Å². The molecule has 3 aromatic rings. The van der Waals surface area contributed by atoms with Gasteiger partial charge in [0.25, 0.3) is 11.5 Å². The topological polar surface area (TPSA) is 98.7 Å². The van der Waals surface area contributed by atoms with Gasteiger partial charge in [0, 0.05) is 31.9 Å². The SMILES string of the molecule is Cc1cccc(C)c1NC(=O)CN1CCN(C(=O)c2ccc(-c3ccco3)[nH]c2=O)CC1. The number of nitrogens with one attached hydrogen (secondary N) is 2. The van der Waals surface area contributed by atoms with E-state index in [2.05, 4.69) is 10.3 Å². The fraction of sp³-hybridized carbons (Fsp3) is 0.292. The van der Waals surface area contributed by atoms with Crippen LogP contribution in [0.2, 0.25) is 0 Å². The van der Waals surface area contributed by atoms with Gasteiger partial charge in [0.2, 0.25) is 5.91 Å². The molecule has 4 rings (SSSR count). The van der Waals surface area contributed by atoms with Crippen LogP contribution in [0.3, 0.4) is 0 Å². The molecule has 1 fully saturated rings. The average molecular weight is 434 g/mol. The second-order valence-electron chi connectivity index (χ2n) is 7.98. The molecular formula is C24H26N4O4. The van der Waals surface area contributed by atoms with Crippen LogP contribution >= 0.6 is 0 Å². The maximum Gasteiger partial charge on any atom is 0.261 e. The van der Waals surface area contributed by atoms with E-state index in [1.54, 1.807) is 23.1 Å². The summed E-state index contributed by atoms with van der Waals surface area (Å²) in [6.07, 6.45) is 1.52. The molecule has 0 aliphatic carbocycles. The molecule has 3 heterocycles. The Bertz CT molecular complexity index is 1150. The van der Waals surface area contributed by atoms with E-state index in [0.717, 1.165) is 16.8 Å². The summed E-state index contributed by atoms with van der Waals surface area (Å²) in [5, 5.41) is 3.00. The van der Waals surface area contributed by atoms with E-state index in [0.29, 0.717) is 37.6 Å². The fourth-order valence-corrected chi connectivity index (χ4v) is 3.89. The summed E-state index contributed by atoms with van der Waals surface area (Å²) in [4.78, 5) is 44.2. The van der Waals surface area contributed by atoms with Gasteiger partial charge in [0.1, 0.15) is 11.3 Å². The lowest BCUT2D eigenvalue weighted by Crippen LogP contribution is -2.51. The summed E-state index contributed by atoms with van der Waals surface area (Å²) in [6, 6.07) is 12.6. The van der Waals surface area contributed by atoms with Gasteiger partial charge in [0.15, 0.2) is 0 Å². The van der Waals surface area contributed by atoms with Gasteiger partial charge in [-0.05, 0) is 49.2 Å². The molecule has 0 bridgehead atoms. The van der Waals surface area contributed by atoms with Crippen molar-refractivity contribution < 1.29 is 14.0 Å². The van der Waals surface area contributed by atoms with Crippen LogP contribution in [0.1, 0.15) is 21.5 Å². The van der Waals surface area contributed by atoms with Gasteiger partial charge in [-0.3, -0.25) is 19.3 Å². The molecule has 1 aliphatic rings. The maximum atomic E-state index is 12.8. The summed E-state index contributed by atoms with van der Waals surface area (Å²) >= 11 is 0. The highest BCUT2D eigenvalue weighted by Gasteiger charge is 2.25. The molecule has 0 unspecified atom stereocenters. The molecule has 0 spiro atoms. The first-order chi connectivity index (χ1) is 15.4. The number of H-pyrrole nitrogens is 1. The van der Waals surface area contributed by atoms with Gasteiger partial charge in [-0.15, -0.1) is 0 Å². The quantitative estimate of drug-likeness (QED) is 0.643. The minimum atomic E-state index is -0.445. The Hall–Kier alpha value is -3.65. The predicted octanol–water partition coefficient (Wildman–Crippen LogP) is 2.65. The first-order valence-electron chi connectivity index (χ1n) is 10.6. The molecule has 32 heavy (non-hydrogen) atoms. The van der Waals surface area contributed by atoms with Crippen molar-refractivity contribution in [1.82, 2.24) is 14.8 Å². The number of nitrogens with zero attached hydrogens (tertiary/aromatic N) is 2. The molecule has 166 valence electrons. The van der Waals surface area contributed by atoms with E-state index >= 15 is 0 Å². The van der Waals surface area contributed by atoms with Crippen LogP contribution in [0.4, 0.5) is 5.69 Å². The first-order valence-corrected chi connectivity index (χ1v) is 10.6. The number of piperazine rings is 1. The highest BCUT2D eigenvalue weighted by atomic mass is 16.3. The third-order valence-corrected chi connectivity index (χ3v) is 5.70. The fourth-order valence-electron chi connectivity index (χ4n) is 3.89. The normalized spacial score (nSPS) is 14.4. The molecule has 8 nitrogen and oxygen atoms in total. The Morgan fingerprint density at radius 3 is 2.34 bits per heavy atom. The van der Waals surface area contributed by atoms with Crippen LogP contribution in [0.15, 0.2) is 57.9 Å². The molecular weight excluding hydrogens is 408 g/mol. The van der Waals surface area contributed by atoms with Crippen molar-refractivity contribution in [2.45, 2.75) is 13.8 Å². The molecule has 0 radical (unpaired) electrons. The number of pyridine rings is 1. The van der Waals surface area contributed by atoms with Crippen molar-refractivity contribution in [3.8, 4) is 11.5 Å². The number of rotatable bonds is 5. The number of carbonyl (C=O) groups is 2. The Morgan fingerprint density at radius 2 is 1.72 bits per heavy atom. The number of hydrogen-bond acceptors (Lipinski definition) is 5. The molecule has 2 amide bonds. The number of aromatic nitrogens is 1. The van der Waals surface area contributed by atoms with Gasteiger partial charge < -0.3 is 19.6 Å². The molecule has 1 aliphatic heterocycles. The van der Waals surface area contributed by atoms with Crippen molar-refractivity contribution in [2.24, 2.45) is 0 Å². The third-order valence-electron chi connectivity index (χ3n) is 5.70. The maximum absolute atomic E-state index is 12.8. The van der Waals surface area contributed by atoms with Crippen LogP contribution in [-0.2, 0) is 4.79 Å². The second kappa shape index (κ2) is 9.23. The van der Waals surface area contributed by atoms with Crippen molar-refractivity contribution >= 4 is 17.5 Å². The number of para-hydroxylation sites is 1. The molecule has 2 aromatic heterocycles. The van der Waals surface area contributed by atoms with E-state index in [-0.39, 0.29) is 23.9 Å². The van der Waals surface area contributed by atoms with Crippen LogP contribution in [0.25, 0.3) is 11.5 Å². The third kappa shape index (κ3) is 4.65. The summed E-state index contributed by atoms with van der Waals surface area (Å²) in [5.74, 6) is 0.151. The van der Waals surface area contributed by atoms with E-state index in [1.807, 2.05) is 36.9 Å². The number of anilines is 1. The summed E-state index contributed by atoms with van der Waals surface area (Å²) in [5.41, 5.74) is 3.08. The number of aryl methyl sites for hydroxylation is 2. The molecule has 1 aromatic carbocycles. The minimum Gasteiger partial charge on any atom is -0.463 e. The predicted molar refractivity (Wildman–Crippen MR) is 122 cm³/mol. The molecule has 0 atom stereocenters. The highest BCUT2D eigenvalue weighted by molar-refractivity contribution is 5.95. The monoisotopic (exact) mass is 434 g/mol. The van der Waals surface area contributed by atoms with Crippen molar-refractivity contribution in [2.75, 3.05) is 38.0 Å². The zero-order valence-corrected chi connectivity index (χ0v) is 18.2. The Balaban J connectivity index is 1.33. The molecule has 0 saturated carbocycles. The minimum absolute atomic E-state index is 0.0767. The van der Waals surface area contributed by atoms with E-state index in [1.165, 1.54) is 12.3 Å². The Morgan fingerprint density at radius 1 is 1.00 bits per heavy atom. The standard InChI is InChI=1S/C24H26N4O4/c1-16-5-3-6-17(2)22(16)26-21(29)15-27-10-12-28(13-11-27)24(31)18-8-9-19(25-23(18)30)20-7-4-14-32-20/h3-9,14H,10-13,15H2,1-2H3,(H,25,30)(H,26,29). The number of hydrogen-bond donors (Lipinski definition) is 2. The smallest absolute Gasteiger partial charge is 0.261 e. The lowest BCUT2D eigenvalue weighted by Gasteiger charge is -2.34. The molecule has 1 saturated heterocycles. The average Bonchev–Trinajstić information content (AvgIpc) is 3.31. The summed E-state index contributed by atoms with van der Waals surface area (Å²) in [6.45, 7) is 6.23. The molecule has 8 heteroatoms. The van der Waals surface area contributed by atoms with Gasteiger partial charge >= 0.3 is 0 Å². The van der Waals surface area contributed by atoms with Crippen LogP contribution in [0.5, 0.6) is 0 Å². The summed E-state index contributed by atoms with van der Waals surface area (Å²) < 4.78 is 5.28. The lowest BCUT2D eigenvalue weighted by atomic mass is 10.1. The van der Waals surface area contributed by atoms with Gasteiger partial charge in [-0.25, -0.2) is 0 Å². The van der Waals surface area contributed by atoms with E-state index in [9.17, 15) is 14.4 Å². The zero-order chi connectivity index (χ0) is 22.7. The largest absolute Gasteiger partial charge is 0.463 e. The van der Waals surface area contributed by atoms with Crippen LogP contribution in [0, 0.1) is 13.8 Å². The van der Waals surface area contributed by atoms with Gasteiger partial charge in [-0.2, -0.15) is 0 Å². The van der Waals surface area contributed by atoms with Crippen molar-refractivity contribution in [1.29, 1.82) is 0 Å². The van der Waals surface area contributed by atoms with Crippen molar-refractivity contribution in [3.05, 3.63) is 75.8 Å². The highest BCUT2D eigenvalue weighted by Crippen LogP contribution is 2.19. The van der Waals surface area contributed by atoms with E-state index < -0.39 is 5.56 Å². The number of amides is 2. The first kappa shape index (κ1) is 21.6. The van der Waals surface area contributed by atoms with Crippen molar-refractivity contribution in [3.63, 3.8) is 0 Å². The lowest BCUT2D eigenvalue weighted by molar-refractivity contribution is -0.117. The van der Waals surface area contributed by atoms with Crippen LogP contribution < -0.4 is 10.9 Å². The Labute approximate surface area is 185 Å². The number of aromatic amines is 1. The Kier molecular flexibility index (Phi) is 6.23. The molecule has 2 N–H and O–H groups in total. The van der Waals surface area contributed by atoms with Gasteiger partial charge in [-0.1, -0.05) is 18.2 Å². The van der Waals surface area contributed by atoms with Gasteiger partial charge in [0.05, 0.1) is 18.5 Å². The number of benzene rings is 1. The summed E-state index contributed by atoms with van der Waals surface area (Å²) in [7, 11) is 0.